The number of rotatable bonds is 4. The van der Waals surface area contributed by atoms with Gasteiger partial charge < -0.3 is 15.0 Å². The van der Waals surface area contributed by atoms with E-state index in [0.29, 0.717) is 29.1 Å². The molecule has 2 aromatic heterocycles. The number of benzene rings is 1. The number of aromatic nitrogens is 2. The van der Waals surface area contributed by atoms with E-state index >= 15 is 0 Å². The lowest BCUT2D eigenvalue weighted by molar-refractivity contribution is -0.141. The minimum Gasteiger partial charge on any atom is -0.378 e. The lowest BCUT2D eigenvalue weighted by Crippen LogP contribution is -2.42. The molecule has 0 spiro atoms. The van der Waals surface area contributed by atoms with Crippen LogP contribution in [0.15, 0.2) is 41.2 Å². The minimum absolute atomic E-state index is 0.138. The lowest BCUT2D eigenvalue weighted by atomic mass is 10.0. The summed E-state index contributed by atoms with van der Waals surface area (Å²) in [6, 6.07) is 10.8. The van der Waals surface area contributed by atoms with E-state index in [9.17, 15) is 14.7 Å². The number of hydrogen-bond acceptors (Lipinski definition) is 5. The standard InChI is InChI=1S/C23H22ClN3O3S/c1-13-5-6-18(31-13)23(8-9-23)22-25-17-7-10-27(12-16(17)20(29)26-22)21(30)19(28)14-3-2-4-15(24)11-14/h2-6,11,19,28H,7-10,12H2,1H3,(H,25,26,29)/t19-/m1/s1. The topological polar surface area (TPSA) is 86.3 Å². The number of carbonyl (C=O) groups excluding carboxylic acids is 1. The van der Waals surface area contributed by atoms with Crippen LogP contribution in [-0.2, 0) is 23.2 Å². The predicted octanol–water partition coefficient (Wildman–Crippen LogP) is 3.49. The largest absolute Gasteiger partial charge is 0.378 e. The molecule has 31 heavy (non-hydrogen) atoms. The van der Waals surface area contributed by atoms with E-state index in [4.69, 9.17) is 16.6 Å². The van der Waals surface area contributed by atoms with Crippen molar-refractivity contribution in [2.24, 2.45) is 0 Å². The monoisotopic (exact) mass is 455 g/mol. The second-order valence-electron chi connectivity index (χ2n) is 8.30. The number of hydrogen-bond donors (Lipinski definition) is 2. The van der Waals surface area contributed by atoms with Crippen molar-refractivity contribution in [1.29, 1.82) is 0 Å². The highest BCUT2D eigenvalue weighted by molar-refractivity contribution is 7.12. The van der Waals surface area contributed by atoms with Crippen LogP contribution in [0.3, 0.4) is 0 Å². The summed E-state index contributed by atoms with van der Waals surface area (Å²) < 4.78 is 0. The van der Waals surface area contributed by atoms with Gasteiger partial charge >= 0.3 is 0 Å². The molecular formula is C23H22ClN3O3S. The summed E-state index contributed by atoms with van der Waals surface area (Å²) in [5.41, 5.74) is 1.31. The summed E-state index contributed by atoms with van der Waals surface area (Å²) in [7, 11) is 0. The summed E-state index contributed by atoms with van der Waals surface area (Å²) >= 11 is 7.73. The van der Waals surface area contributed by atoms with Gasteiger partial charge in [-0.2, -0.15) is 0 Å². The van der Waals surface area contributed by atoms with Crippen LogP contribution in [0.25, 0.3) is 0 Å². The van der Waals surface area contributed by atoms with E-state index in [2.05, 4.69) is 24.0 Å². The Hall–Kier alpha value is -2.48. The van der Waals surface area contributed by atoms with Crippen molar-refractivity contribution < 1.29 is 9.90 Å². The molecule has 1 aliphatic carbocycles. The van der Waals surface area contributed by atoms with Crippen molar-refractivity contribution in [3.63, 3.8) is 0 Å². The first-order chi connectivity index (χ1) is 14.9. The van der Waals surface area contributed by atoms with Crippen molar-refractivity contribution in [2.45, 2.75) is 44.2 Å². The van der Waals surface area contributed by atoms with Gasteiger partial charge in [0.2, 0.25) is 0 Å². The van der Waals surface area contributed by atoms with Gasteiger partial charge in [0.1, 0.15) is 5.82 Å². The fourth-order valence-electron chi connectivity index (χ4n) is 4.25. The number of nitrogens with one attached hydrogen (secondary N) is 1. The Labute approximate surface area is 188 Å². The molecule has 0 saturated heterocycles. The number of fused-ring (bicyclic) bond motifs is 1. The molecule has 1 atom stereocenters. The highest BCUT2D eigenvalue weighted by Crippen LogP contribution is 2.54. The average Bonchev–Trinajstić information content (AvgIpc) is 3.47. The molecule has 160 valence electrons. The van der Waals surface area contributed by atoms with Gasteiger partial charge in [0, 0.05) is 27.7 Å². The third kappa shape index (κ3) is 3.60. The second-order valence-corrected chi connectivity index (χ2v) is 10.0. The Balaban J connectivity index is 1.40. The number of aryl methyl sites for hydroxylation is 1. The molecule has 5 rings (SSSR count). The number of aromatic amines is 1. The van der Waals surface area contributed by atoms with Crippen molar-refractivity contribution in [3.05, 3.63) is 84.2 Å². The number of halogens is 1. The molecule has 0 unspecified atom stereocenters. The summed E-state index contributed by atoms with van der Waals surface area (Å²) in [5.74, 6) is 0.293. The number of aliphatic hydroxyl groups is 1. The summed E-state index contributed by atoms with van der Waals surface area (Å²) in [6.45, 7) is 2.63. The van der Waals surface area contributed by atoms with E-state index in [0.717, 1.165) is 24.4 Å². The first kappa shape index (κ1) is 20.4. The van der Waals surface area contributed by atoms with Gasteiger partial charge in [-0.05, 0) is 49.6 Å². The number of H-pyrrole nitrogens is 1. The van der Waals surface area contributed by atoms with Crippen LogP contribution in [0, 0.1) is 6.92 Å². The summed E-state index contributed by atoms with van der Waals surface area (Å²) in [4.78, 5) is 37.6. The van der Waals surface area contributed by atoms with Gasteiger partial charge in [-0.15, -0.1) is 11.3 Å². The summed E-state index contributed by atoms with van der Waals surface area (Å²) in [5, 5.41) is 11.0. The maximum atomic E-state index is 12.9. The van der Waals surface area contributed by atoms with Gasteiger partial charge in [-0.25, -0.2) is 4.98 Å². The quantitative estimate of drug-likeness (QED) is 0.630. The van der Waals surface area contributed by atoms with Crippen LogP contribution >= 0.6 is 22.9 Å². The normalized spacial score (nSPS) is 17.8. The molecule has 1 fully saturated rings. The Bertz CT molecular complexity index is 1230. The Morgan fingerprint density at radius 1 is 1.32 bits per heavy atom. The van der Waals surface area contributed by atoms with E-state index in [1.54, 1.807) is 35.6 Å². The van der Waals surface area contributed by atoms with Crippen molar-refractivity contribution in [2.75, 3.05) is 6.54 Å². The molecule has 8 heteroatoms. The van der Waals surface area contributed by atoms with Crippen LogP contribution in [0.1, 0.15) is 51.3 Å². The van der Waals surface area contributed by atoms with Gasteiger partial charge in [0.05, 0.1) is 23.2 Å². The Morgan fingerprint density at radius 3 is 2.81 bits per heavy atom. The molecule has 2 aliphatic rings. The molecule has 1 saturated carbocycles. The molecule has 3 heterocycles. The van der Waals surface area contributed by atoms with E-state index in [-0.39, 0.29) is 17.5 Å². The molecule has 2 N–H and O–H groups in total. The van der Waals surface area contributed by atoms with Crippen molar-refractivity contribution in [1.82, 2.24) is 14.9 Å². The third-order valence-electron chi connectivity index (χ3n) is 6.19. The van der Waals surface area contributed by atoms with Gasteiger partial charge in [-0.1, -0.05) is 23.7 Å². The molecule has 1 aromatic carbocycles. The number of nitrogens with zero attached hydrogens (tertiary/aromatic N) is 2. The van der Waals surface area contributed by atoms with E-state index < -0.39 is 12.0 Å². The zero-order valence-corrected chi connectivity index (χ0v) is 18.6. The Kier molecular flexibility index (Phi) is 5.00. The van der Waals surface area contributed by atoms with Crippen molar-refractivity contribution >= 4 is 28.8 Å². The first-order valence-electron chi connectivity index (χ1n) is 10.3. The zero-order chi connectivity index (χ0) is 21.8. The molecule has 3 aromatic rings. The van der Waals surface area contributed by atoms with Gasteiger partial charge in [0.25, 0.3) is 11.5 Å². The highest BCUT2D eigenvalue weighted by Gasteiger charge is 2.49. The molecular weight excluding hydrogens is 434 g/mol. The lowest BCUT2D eigenvalue weighted by Gasteiger charge is -2.30. The number of thiophene rings is 1. The molecule has 1 amide bonds. The fraction of sp³-hybridized carbons (Fsp3) is 0.348. The molecule has 6 nitrogen and oxygen atoms in total. The van der Waals surface area contributed by atoms with Crippen LogP contribution in [-0.4, -0.2) is 32.4 Å². The van der Waals surface area contributed by atoms with Crippen LogP contribution in [0.4, 0.5) is 0 Å². The van der Waals surface area contributed by atoms with E-state index in [1.165, 1.54) is 14.7 Å². The van der Waals surface area contributed by atoms with Crippen LogP contribution in [0.5, 0.6) is 0 Å². The minimum atomic E-state index is -1.32. The molecule has 0 bridgehead atoms. The maximum Gasteiger partial charge on any atom is 0.256 e. The Morgan fingerprint density at radius 2 is 2.13 bits per heavy atom. The summed E-state index contributed by atoms with van der Waals surface area (Å²) in [6.07, 6.45) is 1.12. The number of carbonyl (C=O) groups is 1. The third-order valence-corrected chi connectivity index (χ3v) is 7.63. The average molecular weight is 456 g/mol. The smallest absolute Gasteiger partial charge is 0.256 e. The van der Waals surface area contributed by atoms with Crippen molar-refractivity contribution in [3.8, 4) is 0 Å². The van der Waals surface area contributed by atoms with Crippen LogP contribution < -0.4 is 5.56 Å². The zero-order valence-electron chi connectivity index (χ0n) is 17.0. The highest BCUT2D eigenvalue weighted by atomic mass is 35.5. The number of amides is 1. The first-order valence-corrected chi connectivity index (χ1v) is 11.5. The van der Waals surface area contributed by atoms with Gasteiger partial charge in [-0.3, -0.25) is 9.59 Å². The second kappa shape index (κ2) is 7.58. The maximum absolute atomic E-state index is 12.9. The fourth-order valence-corrected chi connectivity index (χ4v) is 5.56. The SMILES string of the molecule is Cc1ccc(C2(c3nc4c(c(=O)[nH]3)CN(C(=O)[C@H](O)c3cccc(Cl)c3)CC4)CC2)s1. The van der Waals surface area contributed by atoms with Gasteiger partial charge in [0.15, 0.2) is 6.10 Å². The van der Waals surface area contributed by atoms with Crippen LogP contribution in [0.2, 0.25) is 5.02 Å². The number of aliphatic hydroxyl groups excluding tert-OH is 1. The molecule has 0 radical (unpaired) electrons. The van der Waals surface area contributed by atoms with E-state index in [1.807, 2.05) is 0 Å². The molecule has 1 aliphatic heterocycles. The predicted molar refractivity (Wildman–Crippen MR) is 119 cm³/mol.